The summed E-state index contributed by atoms with van der Waals surface area (Å²) in [5, 5.41) is 5.50. The van der Waals surface area contributed by atoms with Crippen LogP contribution in [0.2, 0.25) is 0 Å². The first-order chi connectivity index (χ1) is 8.56. The van der Waals surface area contributed by atoms with Crippen molar-refractivity contribution in [3.63, 3.8) is 0 Å². The largest absolute Gasteiger partial charge is 0.355 e. The smallest absolute Gasteiger partial charge is 0.251 e. The first-order valence-corrected chi connectivity index (χ1v) is 6.19. The maximum atomic E-state index is 12.0. The maximum Gasteiger partial charge on any atom is 0.251 e. The summed E-state index contributed by atoms with van der Waals surface area (Å²) >= 11 is 0. The number of hydrogen-bond donors (Lipinski definition) is 2. The van der Waals surface area contributed by atoms with Crippen LogP contribution in [-0.2, 0) is 4.79 Å². The van der Waals surface area contributed by atoms with Crippen molar-refractivity contribution in [2.45, 2.75) is 26.8 Å². The Morgan fingerprint density at radius 3 is 2.28 bits per heavy atom. The van der Waals surface area contributed by atoms with Gasteiger partial charge in [-0.3, -0.25) is 9.59 Å². The Hall–Kier alpha value is -1.84. The average Bonchev–Trinajstić information content (AvgIpc) is 2.36. The molecule has 4 nitrogen and oxygen atoms in total. The van der Waals surface area contributed by atoms with E-state index in [1.54, 1.807) is 24.3 Å². The van der Waals surface area contributed by atoms with Crippen LogP contribution in [0.3, 0.4) is 0 Å². The molecule has 2 N–H and O–H groups in total. The lowest BCUT2D eigenvalue weighted by Crippen LogP contribution is -2.49. The predicted molar refractivity (Wildman–Crippen MR) is 71.2 cm³/mol. The van der Waals surface area contributed by atoms with Gasteiger partial charge in [0.25, 0.3) is 5.91 Å². The van der Waals surface area contributed by atoms with E-state index in [2.05, 4.69) is 10.6 Å². The molecule has 1 unspecified atom stereocenters. The Morgan fingerprint density at radius 2 is 1.78 bits per heavy atom. The van der Waals surface area contributed by atoms with Crippen molar-refractivity contribution >= 4 is 11.8 Å². The molecule has 0 saturated heterocycles. The van der Waals surface area contributed by atoms with E-state index in [1.807, 2.05) is 26.8 Å². The summed E-state index contributed by atoms with van der Waals surface area (Å²) in [6.45, 7) is 6.23. The SMILES string of the molecule is CCNC(=O)C(NC(=O)c1ccccc1)C(C)C. The van der Waals surface area contributed by atoms with Gasteiger partial charge >= 0.3 is 0 Å². The van der Waals surface area contributed by atoms with Crippen molar-refractivity contribution in [1.82, 2.24) is 10.6 Å². The van der Waals surface area contributed by atoms with E-state index in [0.717, 1.165) is 0 Å². The van der Waals surface area contributed by atoms with Gasteiger partial charge in [-0.2, -0.15) is 0 Å². The second kappa shape index (κ2) is 6.79. The Labute approximate surface area is 108 Å². The molecule has 1 aromatic carbocycles. The number of carbonyl (C=O) groups is 2. The Bertz CT molecular complexity index is 402. The van der Waals surface area contributed by atoms with Crippen LogP contribution < -0.4 is 10.6 Å². The Morgan fingerprint density at radius 1 is 1.17 bits per heavy atom. The molecule has 0 bridgehead atoms. The van der Waals surface area contributed by atoms with Gasteiger partial charge in [0.1, 0.15) is 6.04 Å². The lowest BCUT2D eigenvalue weighted by molar-refractivity contribution is -0.123. The van der Waals surface area contributed by atoms with Crippen LogP contribution >= 0.6 is 0 Å². The first kappa shape index (κ1) is 14.2. The zero-order valence-electron chi connectivity index (χ0n) is 11.1. The molecule has 1 aromatic rings. The minimum atomic E-state index is -0.502. The number of amides is 2. The molecule has 0 aromatic heterocycles. The van der Waals surface area contributed by atoms with E-state index in [9.17, 15) is 9.59 Å². The Kier molecular flexibility index (Phi) is 5.36. The lowest BCUT2D eigenvalue weighted by atomic mass is 10.0. The number of hydrogen-bond acceptors (Lipinski definition) is 2. The van der Waals surface area contributed by atoms with Gasteiger partial charge in [-0.25, -0.2) is 0 Å². The van der Waals surface area contributed by atoms with Crippen molar-refractivity contribution in [1.29, 1.82) is 0 Å². The van der Waals surface area contributed by atoms with Crippen LogP contribution in [0.1, 0.15) is 31.1 Å². The van der Waals surface area contributed by atoms with Gasteiger partial charge in [0.2, 0.25) is 5.91 Å². The fourth-order valence-electron chi connectivity index (χ4n) is 1.63. The molecule has 0 fully saturated rings. The van der Waals surface area contributed by atoms with Gasteiger partial charge in [0.15, 0.2) is 0 Å². The fourth-order valence-corrected chi connectivity index (χ4v) is 1.63. The number of carbonyl (C=O) groups excluding carboxylic acids is 2. The van der Waals surface area contributed by atoms with Crippen LogP contribution in [0.15, 0.2) is 30.3 Å². The molecule has 1 rings (SSSR count). The predicted octanol–water partition coefficient (Wildman–Crippen LogP) is 1.58. The molecular formula is C14H20N2O2. The summed E-state index contributed by atoms with van der Waals surface area (Å²) in [5.41, 5.74) is 0.562. The molecule has 0 aliphatic rings. The molecule has 0 spiro atoms. The monoisotopic (exact) mass is 248 g/mol. The molecule has 0 radical (unpaired) electrons. The molecule has 1 atom stereocenters. The number of nitrogens with one attached hydrogen (secondary N) is 2. The highest BCUT2D eigenvalue weighted by molar-refractivity contribution is 5.97. The van der Waals surface area contributed by atoms with Crippen LogP contribution in [0.5, 0.6) is 0 Å². The van der Waals surface area contributed by atoms with Crippen LogP contribution in [0.4, 0.5) is 0 Å². The fraction of sp³-hybridized carbons (Fsp3) is 0.429. The molecule has 4 heteroatoms. The van der Waals surface area contributed by atoms with Crippen LogP contribution in [-0.4, -0.2) is 24.4 Å². The molecule has 0 heterocycles. The van der Waals surface area contributed by atoms with Crippen molar-refractivity contribution in [2.24, 2.45) is 5.92 Å². The molecule has 0 aliphatic heterocycles. The van der Waals surface area contributed by atoms with Gasteiger partial charge in [0.05, 0.1) is 0 Å². The van der Waals surface area contributed by atoms with E-state index < -0.39 is 6.04 Å². The van der Waals surface area contributed by atoms with Gasteiger partial charge < -0.3 is 10.6 Å². The number of rotatable bonds is 5. The standard InChI is InChI=1S/C14H20N2O2/c1-4-15-14(18)12(10(2)3)16-13(17)11-8-6-5-7-9-11/h5-10,12H,4H2,1-3H3,(H,15,18)(H,16,17). The highest BCUT2D eigenvalue weighted by atomic mass is 16.2. The van der Waals surface area contributed by atoms with E-state index in [-0.39, 0.29) is 17.7 Å². The third-order valence-electron chi connectivity index (χ3n) is 2.62. The summed E-state index contributed by atoms with van der Waals surface area (Å²) in [7, 11) is 0. The molecule has 0 saturated carbocycles. The number of likely N-dealkylation sites (N-methyl/N-ethyl adjacent to an activating group) is 1. The molecular weight excluding hydrogens is 228 g/mol. The van der Waals surface area contributed by atoms with E-state index >= 15 is 0 Å². The number of benzene rings is 1. The van der Waals surface area contributed by atoms with Crippen molar-refractivity contribution in [3.05, 3.63) is 35.9 Å². The second-order valence-corrected chi connectivity index (χ2v) is 4.46. The van der Waals surface area contributed by atoms with E-state index in [0.29, 0.717) is 12.1 Å². The van der Waals surface area contributed by atoms with Gasteiger partial charge in [-0.1, -0.05) is 32.0 Å². The normalized spacial score (nSPS) is 12.0. The summed E-state index contributed by atoms with van der Waals surface area (Å²) < 4.78 is 0. The van der Waals surface area contributed by atoms with Crippen molar-refractivity contribution in [2.75, 3.05) is 6.54 Å². The zero-order chi connectivity index (χ0) is 13.5. The topological polar surface area (TPSA) is 58.2 Å². The maximum absolute atomic E-state index is 12.0. The molecule has 0 aliphatic carbocycles. The summed E-state index contributed by atoms with van der Waals surface area (Å²) in [5.74, 6) is -0.318. The minimum absolute atomic E-state index is 0.0456. The van der Waals surface area contributed by atoms with E-state index in [1.165, 1.54) is 0 Å². The summed E-state index contributed by atoms with van der Waals surface area (Å²) in [6, 6.07) is 8.39. The molecule has 18 heavy (non-hydrogen) atoms. The van der Waals surface area contributed by atoms with Gasteiger partial charge in [0, 0.05) is 12.1 Å². The first-order valence-electron chi connectivity index (χ1n) is 6.19. The summed E-state index contributed by atoms with van der Waals surface area (Å²) in [4.78, 5) is 23.8. The van der Waals surface area contributed by atoms with Crippen LogP contribution in [0.25, 0.3) is 0 Å². The highest BCUT2D eigenvalue weighted by Gasteiger charge is 2.23. The molecule has 2 amide bonds. The summed E-state index contributed by atoms with van der Waals surface area (Å²) in [6.07, 6.45) is 0. The van der Waals surface area contributed by atoms with Crippen LogP contribution in [0, 0.1) is 5.92 Å². The zero-order valence-corrected chi connectivity index (χ0v) is 11.1. The van der Waals surface area contributed by atoms with Gasteiger partial charge in [-0.05, 0) is 25.0 Å². The highest BCUT2D eigenvalue weighted by Crippen LogP contribution is 2.05. The minimum Gasteiger partial charge on any atom is -0.355 e. The van der Waals surface area contributed by atoms with Gasteiger partial charge in [-0.15, -0.1) is 0 Å². The Balaban J connectivity index is 2.73. The third kappa shape index (κ3) is 3.87. The second-order valence-electron chi connectivity index (χ2n) is 4.46. The lowest BCUT2D eigenvalue weighted by Gasteiger charge is -2.21. The average molecular weight is 248 g/mol. The van der Waals surface area contributed by atoms with E-state index in [4.69, 9.17) is 0 Å². The van der Waals surface area contributed by atoms with Crippen molar-refractivity contribution < 1.29 is 9.59 Å². The van der Waals surface area contributed by atoms with Crippen molar-refractivity contribution in [3.8, 4) is 0 Å². The quantitative estimate of drug-likeness (QED) is 0.831. The third-order valence-corrected chi connectivity index (χ3v) is 2.62. The molecule has 98 valence electrons.